The first-order valence-corrected chi connectivity index (χ1v) is 7.84. The van der Waals surface area contributed by atoms with Crippen LogP contribution in [0.1, 0.15) is 0 Å². The molecule has 0 aliphatic carbocycles. The third-order valence-corrected chi connectivity index (χ3v) is 4.07. The van der Waals surface area contributed by atoms with Gasteiger partial charge in [0.1, 0.15) is 11.4 Å². The second kappa shape index (κ2) is 6.23. The van der Waals surface area contributed by atoms with Gasteiger partial charge in [-0.15, -0.1) is 10.2 Å². The molecule has 0 atom stereocenters. The van der Waals surface area contributed by atoms with Gasteiger partial charge in [0.25, 0.3) is 0 Å². The smallest absolute Gasteiger partial charge is 0.234 e. The number of hydrogen-bond donors (Lipinski definition) is 1. The van der Waals surface area contributed by atoms with Crippen molar-refractivity contribution in [3.8, 4) is 0 Å². The lowest BCUT2D eigenvalue weighted by Gasteiger charge is -2.05. The summed E-state index contributed by atoms with van der Waals surface area (Å²) >= 11 is 4.71. The summed E-state index contributed by atoms with van der Waals surface area (Å²) in [4.78, 5) is 11.9. The predicted molar refractivity (Wildman–Crippen MR) is 84.3 cm³/mol. The molecule has 21 heavy (non-hydrogen) atoms. The minimum atomic E-state index is -0.0759. The van der Waals surface area contributed by atoms with E-state index in [4.69, 9.17) is 0 Å². The first kappa shape index (κ1) is 14.0. The zero-order valence-corrected chi connectivity index (χ0v) is 13.1. The van der Waals surface area contributed by atoms with Gasteiger partial charge in [-0.3, -0.25) is 4.79 Å². The number of nitrogens with zero attached hydrogens (tertiary/aromatic N) is 4. The Labute approximate surface area is 133 Å². The highest BCUT2D eigenvalue weighted by atomic mass is 79.9. The van der Waals surface area contributed by atoms with Crippen molar-refractivity contribution in [1.29, 1.82) is 0 Å². The molecule has 0 aliphatic heterocycles. The molecule has 8 heteroatoms. The van der Waals surface area contributed by atoms with Crippen molar-refractivity contribution in [3.63, 3.8) is 0 Å². The molecule has 3 rings (SSSR count). The van der Waals surface area contributed by atoms with E-state index in [2.05, 4.69) is 36.5 Å². The number of halogens is 1. The summed E-state index contributed by atoms with van der Waals surface area (Å²) < 4.78 is 2.55. The second-order valence-corrected chi connectivity index (χ2v) is 6.06. The van der Waals surface area contributed by atoms with Crippen LogP contribution in [0.25, 0.3) is 5.65 Å². The van der Waals surface area contributed by atoms with Crippen LogP contribution < -0.4 is 5.32 Å². The molecule has 0 fully saturated rings. The number of carbonyl (C=O) groups excluding carboxylic acids is 1. The summed E-state index contributed by atoms with van der Waals surface area (Å²) in [5, 5.41) is 15.5. The highest BCUT2D eigenvalue weighted by Crippen LogP contribution is 2.17. The summed E-state index contributed by atoms with van der Waals surface area (Å²) in [5.74, 6) is 0.212. The van der Waals surface area contributed by atoms with Gasteiger partial charge in [0.15, 0.2) is 5.65 Å². The van der Waals surface area contributed by atoms with E-state index in [1.807, 2.05) is 36.4 Å². The average Bonchev–Trinajstić information content (AvgIpc) is 2.95. The van der Waals surface area contributed by atoms with Crippen molar-refractivity contribution in [1.82, 2.24) is 19.8 Å². The Morgan fingerprint density at radius 3 is 2.86 bits per heavy atom. The normalized spacial score (nSPS) is 10.7. The highest BCUT2D eigenvalue weighted by Gasteiger charge is 2.06. The van der Waals surface area contributed by atoms with Gasteiger partial charge in [-0.1, -0.05) is 27.7 Å². The number of benzene rings is 1. The second-order valence-electron chi connectivity index (χ2n) is 4.15. The Morgan fingerprint density at radius 1 is 1.24 bits per heavy atom. The molecule has 0 radical (unpaired) electrons. The van der Waals surface area contributed by atoms with Crippen molar-refractivity contribution in [2.75, 3.05) is 11.1 Å². The van der Waals surface area contributed by atoms with E-state index in [-0.39, 0.29) is 11.7 Å². The van der Waals surface area contributed by atoms with Crippen molar-refractivity contribution in [2.45, 2.75) is 5.03 Å². The van der Waals surface area contributed by atoms with Crippen molar-refractivity contribution in [2.24, 2.45) is 0 Å². The van der Waals surface area contributed by atoms with E-state index in [1.54, 1.807) is 4.52 Å². The first-order valence-electron chi connectivity index (χ1n) is 6.06. The van der Waals surface area contributed by atoms with Crippen LogP contribution in [0, 0.1) is 0 Å². The fourth-order valence-electron chi connectivity index (χ4n) is 1.66. The van der Waals surface area contributed by atoms with Crippen LogP contribution in [0.5, 0.6) is 0 Å². The highest BCUT2D eigenvalue weighted by molar-refractivity contribution is 9.10. The molecule has 2 aromatic heterocycles. The lowest BCUT2D eigenvalue weighted by Crippen LogP contribution is -2.14. The quantitative estimate of drug-likeness (QED) is 0.721. The Morgan fingerprint density at radius 2 is 2.05 bits per heavy atom. The molecule has 6 nitrogen and oxygen atoms in total. The average molecular weight is 364 g/mol. The Hall–Kier alpha value is -1.93. The Bertz CT molecular complexity index is 774. The molecule has 0 unspecified atom stereocenters. The standard InChI is InChI=1S/C13H10BrN5OS/c14-9-1-3-10(4-2-9)16-12(20)7-21-13-6-5-11-17-15-8-19(11)18-13/h1-6,8H,7H2,(H,16,20). The van der Waals surface area contributed by atoms with Gasteiger partial charge in [0.2, 0.25) is 5.91 Å². The number of nitrogens with one attached hydrogen (secondary N) is 1. The van der Waals surface area contributed by atoms with E-state index in [0.717, 1.165) is 15.2 Å². The number of fused-ring (bicyclic) bond motifs is 1. The summed E-state index contributed by atoms with van der Waals surface area (Å²) in [7, 11) is 0. The van der Waals surface area contributed by atoms with Gasteiger partial charge in [-0.2, -0.15) is 9.61 Å². The number of rotatable bonds is 4. The summed E-state index contributed by atoms with van der Waals surface area (Å²) in [6.45, 7) is 0. The Kier molecular flexibility index (Phi) is 4.16. The first-order chi connectivity index (χ1) is 10.2. The number of hydrogen-bond acceptors (Lipinski definition) is 5. The monoisotopic (exact) mass is 363 g/mol. The molecular formula is C13H10BrN5OS. The van der Waals surface area contributed by atoms with E-state index >= 15 is 0 Å². The molecule has 1 amide bonds. The molecule has 0 saturated heterocycles. The molecule has 0 aliphatic rings. The van der Waals surface area contributed by atoms with Crippen molar-refractivity contribution in [3.05, 3.63) is 47.2 Å². The molecule has 0 saturated carbocycles. The molecule has 2 heterocycles. The van der Waals surface area contributed by atoms with Gasteiger partial charge >= 0.3 is 0 Å². The third kappa shape index (κ3) is 3.59. The fraction of sp³-hybridized carbons (Fsp3) is 0.0769. The lowest BCUT2D eigenvalue weighted by molar-refractivity contribution is -0.113. The fourth-order valence-corrected chi connectivity index (χ4v) is 2.58. The molecule has 3 aromatic rings. The van der Waals surface area contributed by atoms with Crippen LogP contribution in [0.15, 0.2) is 52.2 Å². The molecular weight excluding hydrogens is 354 g/mol. The Balaban J connectivity index is 1.58. The number of anilines is 1. The van der Waals surface area contributed by atoms with Crippen molar-refractivity contribution < 1.29 is 4.79 Å². The maximum absolute atomic E-state index is 11.9. The van der Waals surface area contributed by atoms with Crippen molar-refractivity contribution >= 4 is 44.9 Å². The van der Waals surface area contributed by atoms with Gasteiger partial charge in [0, 0.05) is 10.2 Å². The maximum atomic E-state index is 11.9. The summed E-state index contributed by atoms with van der Waals surface area (Å²) in [6.07, 6.45) is 1.53. The van der Waals surface area contributed by atoms with E-state index in [1.165, 1.54) is 18.1 Å². The minimum Gasteiger partial charge on any atom is -0.325 e. The van der Waals surface area contributed by atoms with Gasteiger partial charge in [0.05, 0.1) is 5.75 Å². The van der Waals surface area contributed by atoms with Crippen LogP contribution in [-0.2, 0) is 4.79 Å². The van der Waals surface area contributed by atoms with Crippen LogP contribution in [0.2, 0.25) is 0 Å². The largest absolute Gasteiger partial charge is 0.325 e. The van der Waals surface area contributed by atoms with Gasteiger partial charge in [-0.25, -0.2) is 0 Å². The topological polar surface area (TPSA) is 72.2 Å². The zero-order chi connectivity index (χ0) is 14.7. The maximum Gasteiger partial charge on any atom is 0.234 e. The minimum absolute atomic E-state index is 0.0759. The molecule has 0 bridgehead atoms. The van der Waals surface area contributed by atoms with Crippen LogP contribution in [0.4, 0.5) is 5.69 Å². The van der Waals surface area contributed by atoms with Crippen LogP contribution in [0.3, 0.4) is 0 Å². The van der Waals surface area contributed by atoms with Gasteiger partial charge in [-0.05, 0) is 36.4 Å². The molecule has 1 N–H and O–H groups in total. The summed E-state index contributed by atoms with van der Waals surface area (Å²) in [5.41, 5.74) is 1.45. The summed E-state index contributed by atoms with van der Waals surface area (Å²) in [6, 6.07) is 11.1. The van der Waals surface area contributed by atoms with Gasteiger partial charge < -0.3 is 5.32 Å². The van der Waals surface area contributed by atoms with E-state index < -0.39 is 0 Å². The zero-order valence-electron chi connectivity index (χ0n) is 10.7. The number of aromatic nitrogens is 4. The van der Waals surface area contributed by atoms with Crippen LogP contribution >= 0.6 is 27.7 Å². The van der Waals surface area contributed by atoms with E-state index in [0.29, 0.717) is 5.65 Å². The SMILES string of the molecule is O=C(CSc1ccc2nncn2n1)Nc1ccc(Br)cc1. The molecule has 1 aromatic carbocycles. The molecule has 106 valence electrons. The lowest BCUT2D eigenvalue weighted by atomic mass is 10.3. The number of amides is 1. The predicted octanol–water partition coefficient (Wildman–Crippen LogP) is 2.62. The third-order valence-electron chi connectivity index (χ3n) is 2.62. The number of thioether (sulfide) groups is 1. The molecule has 0 spiro atoms. The van der Waals surface area contributed by atoms with E-state index in [9.17, 15) is 4.79 Å². The van der Waals surface area contributed by atoms with Crippen LogP contribution in [-0.4, -0.2) is 31.5 Å². The number of carbonyl (C=O) groups is 1.